The summed E-state index contributed by atoms with van der Waals surface area (Å²) in [6, 6.07) is 0. The summed E-state index contributed by atoms with van der Waals surface area (Å²) in [4.78, 5) is 8.75. The van der Waals surface area contributed by atoms with Gasteiger partial charge in [-0.25, -0.2) is 9.97 Å². The SMILES string of the molecule is CNc1cn2ccnc2c(NCCOCC(C)C)n1. The van der Waals surface area contributed by atoms with Crippen molar-refractivity contribution in [3.63, 3.8) is 0 Å². The standard InChI is InChI=1S/C13H21N5O/c1-10(2)9-19-7-5-15-12-13-16-4-6-18(13)8-11(14-3)17-12/h4,6,8,10,14H,5,7,9H2,1-3H3,(H,15,17). The lowest BCUT2D eigenvalue weighted by molar-refractivity contribution is 0.118. The summed E-state index contributed by atoms with van der Waals surface area (Å²) < 4.78 is 7.47. The number of hydrogen-bond donors (Lipinski definition) is 2. The molecule has 2 rings (SSSR count). The van der Waals surface area contributed by atoms with Crippen molar-refractivity contribution in [2.45, 2.75) is 13.8 Å². The van der Waals surface area contributed by atoms with E-state index in [0.717, 1.165) is 30.4 Å². The minimum atomic E-state index is 0.560. The van der Waals surface area contributed by atoms with Crippen LogP contribution >= 0.6 is 0 Å². The van der Waals surface area contributed by atoms with Crippen molar-refractivity contribution in [3.8, 4) is 0 Å². The first-order valence-electron chi connectivity index (χ1n) is 6.53. The number of aromatic nitrogens is 3. The van der Waals surface area contributed by atoms with Gasteiger partial charge >= 0.3 is 0 Å². The van der Waals surface area contributed by atoms with Crippen LogP contribution in [0.5, 0.6) is 0 Å². The number of rotatable bonds is 7. The molecule has 0 bridgehead atoms. The summed E-state index contributed by atoms with van der Waals surface area (Å²) in [5.41, 5.74) is 0.822. The van der Waals surface area contributed by atoms with E-state index < -0.39 is 0 Å². The molecule has 2 aromatic heterocycles. The zero-order valence-corrected chi connectivity index (χ0v) is 11.7. The number of nitrogens with zero attached hydrogens (tertiary/aromatic N) is 3. The first kappa shape index (κ1) is 13.6. The Labute approximate surface area is 113 Å². The summed E-state index contributed by atoms with van der Waals surface area (Å²) in [5, 5.41) is 6.30. The van der Waals surface area contributed by atoms with Crippen molar-refractivity contribution >= 4 is 17.3 Å². The summed E-state index contributed by atoms with van der Waals surface area (Å²) in [6.07, 6.45) is 5.57. The predicted molar refractivity (Wildman–Crippen MR) is 76.7 cm³/mol. The molecule has 0 amide bonds. The average Bonchev–Trinajstić information content (AvgIpc) is 2.85. The lowest BCUT2D eigenvalue weighted by Gasteiger charge is -2.10. The number of imidazole rings is 1. The highest BCUT2D eigenvalue weighted by Crippen LogP contribution is 2.15. The van der Waals surface area contributed by atoms with Crippen molar-refractivity contribution in [2.75, 3.05) is 37.4 Å². The molecular formula is C13H21N5O. The fourth-order valence-electron chi connectivity index (χ4n) is 1.73. The maximum Gasteiger partial charge on any atom is 0.180 e. The molecular weight excluding hydrogens is 242 g/mol. The van der Waals surface area contributed by atoms with Gasteiger partial charge in [-0.1, -0.05) is 13.8 Å². The van der Waals surface area contributed by atoms with E-state index in [2.05, 4.69) is 34.4 Å². The fourth-order valence-corrected chi connectivity index (χ4v) is 1.73. The maximum absolute atomic E-state index is 5.53. The molecule has 0 aliphatic rings. The van der Waals surface area contributed by atoms with Crippen molar-refractivity contribution in [3.05, 3.63) is 18.6 Å². The van der Waals surface area contributed by atoms with Gasteiger partial charge in [0.15, 0.2) is 11.5 Å². The van der Waals surface area contributed by atoms with Crippen molar-refractivity contribution in [1.29, 1.82) is 0 Å². The fraction of sp³-hybridized carbons (Fsp3) is 0.538. The first-order valence-corrected chi connectivity index (χ1v) is 6.53. The zero-order chi connectivity index (χ0) is 13.7. The second-order valence-corrected chi connectivity index (χ2v) is 4.78. The molecule has 0 aromatic carbocycles. The lowest BCUT2D eigenvalue weighted by atomic mass is 10.2. The van der Waals surface area contributed by atoms with E-state index in [1.165, 1.54) is 0 Å². The van der Waals surface area contributed by atoms with Crippen LogP contribution in [0.3, 0.4) is 0 Å². The van der Waals surface area contributed by atoms with Gasteiger partial charge in [0.05, 0.1) is 12.8 Å². The molecule has 2 N–H and O–H groups in total. The maximum atomic E-state index is 5.53. The monoisotopic (exact) mass is 263 g/mol. The van der Waals surface area contributed by atoms with Gasteiger partial charge in [-0.3, -0.25) is 0 Å². The summed E-state index contributed by atoms with van der Waals surface area (Å²) in [7, 11) is 1.85. The Hall–Kier alpha value is -1.82. The number of nitrogens with one attached hydrogen (secondary N) is 2. The van der Waals surface area contributed by atoms with Crippen LogP contribution in [0.2, 0.25) is 0 Å². The molecule has 0 aliphatic heterocycles. The molecule has 2 heterocycles. The number of ether oxygens (including phenoxy) is 1. The van der Waals surface area contributed by atoms with Gasteiger partial charge in [0.2, 0.25) is 0 Å². The number of anilines is 2. The van der Waals surface area contributed by atoms with E-state index in [9.17, 15) is 0 Å². The van der Waals surface area contributed by atoms with E-state index in [4.69, 9.17) is 4.74 Å². The first-order chi connectivity index (χ1) is 9.20. The highest BCUT2D eigenvalue weighted by molar-refractivity contribution is 5.65. The molecule has 0 saturated heterocycles. The van der Waals surface area contributed by atoms with Gasteiger partial charge in [-0.05, 0) is 5.92 Å². The minimum Gasteiger partial charge on any atom is -0.379 e. The number of hydrogen-bond acceptors (Lipinski definition) is 5. The summed E-state index contributed by atoms with van der Waals surface area (Å²) in [6.45, 7) is 6.44. The molecule has 2 aromatic rings. The summed E-state index contributed by atoms with van der Waals surface area (Å²) in [5.74, 6) is 2.13. The Kier molecular flexibility index (Phi) is 4.57. The smallest absolute Gasteiger partial charge is 0.180 e. The Bertz CT molecular complexity index is 523. The number of fused-ring (bicyclic) bond motifs is 1. The van der Waals surface area contributed by atoms with Gasteiger partial charge in [-0.15, -0.1) is 0 Å². The van der Waals surface area contributed by atoms with Crippen molar-refractivity contribution < 1.29 is 4.74 Å². The minimum absolute atomic E-state index is 0.560. The molecule has 104 valence electrons. The van der Waals surface area contributed by atoms with Crippen LogP contribution in [0.4, 0.5) is 11.6 Å². The van der Waals surface area contributed by atoms with E-state index >= 15 is 0 Å². The van der Waals surface area contributed by atoms with Crippen molar-refractivity contribution in [1.82, 2.24) is 14.4 Å². The molecule has 0 unspecified atom stereocenters. The van der Waals surface area contributed by atoms with Gasteiger partial charge in [0.1, 0.15) is 5.82 Å². The Morgan fingerprint density at radius 3 is 3.00 bits per heavy atom. The Balaban J connectivity index is 1.97. The molecule has 0 spiro atoms. The van der Waals surface area contributed by atoms with Crippen LogP contribution in [0.25, 0.3) is 5.65 Å². The second kappa shape index (κ2) is 6.38. The molecule has 0 atom stereocenters. The van der Waals surface area contributed by atoms with Crippen LogP contribution in [-0.4, -0.2) is 41.2 Å². The lowest BCUT2D eigenvalue weighted by Crippen LogP contribution is -2.14. The normalized spacial score (nSPS) is 11.2. The Morgan fingerprint density at radius 2 is 2.26 bits per heavy atom. The molecule has 6 nitrogen and oxygen atoms in total. The van der Waals surface area contributed by atoms with E-state index in [-0.39, 0.29) is 0 Å². The van der Waals surface area contributed by atoms with Gasteiger partial charge in [0.25, 0.3) is 0 Å². The molecule has 6 heteroatoms. The molecule has 0 aliphatic carbocycles. The topological polar surface area (TPSA) is 63.5 Å². The molecule has 0 radical (unpaired) electrons. The molecule has 0 fully saturated rings. The third kappa shape index (κ3) is 3.57. The highest BCUT2D eigenvalue weighted by atomic mass is 16.5. The van der Waals surface area contributed by atoms with Crippen LogP contribution in [0.15, 0.2) is 18.6 Å². The Morgan fingerprint density at radius 1 is 1.42 bits per heavy atom. The third-order valence-corrected chi connectivity index (χ3v) is 2.62. The quantitative estimate of drug-likeness (QED) is 0.746. The molecule has 0 saturated carbocycles. The van der Waals surface area contributed by atoms with Crippen LogP contribution < -0.4 is 10.6 Å². The van der Waals surface area contributed by atoms with Gasteiger partial charge < -0.3 is 19.8 Å². The summed E-state index contributed by atoms with van der Waals surface area (Å²) >= 11 is 0. The highest BCUT2D eigenvalue weighted by Gasteiger charge is 2.06. The van der Waals surface area contributed by atoms with Crippen LogP contribution in [-0.2, 0) is 4.74 Å². The average molecular weight is 263 g/mol. The van der Waals surface area contributed by atoms with Gasteiger partial charge in [0, 0.05) is 32.6 Å². The van der Waals surface area contributed by atoms with Crippen LogP contribution in [0, 0.1) is 5.92 Å². The zero-order valence-electron chi connectivity index (χ0n) is 11.7. The largest absolute Gasteiger partial charge is 0.379 e. The van der Waals surface area contributed by atoms with Crippen LogP contribution in [0.1, 0.15) is 13.8 Å². The van der Waals surface area contributed by atoms with Crippen molar-refractivity contribution in [2.24, 2.45) is 5.92 Å². The van der Waals surface area contributed by atoms with E-state index in [0.29, 0.717) is 12.5 Å². The molecule has 19 heavy (non-hydrogen) atoms. The van der Waals surface area contributed by atoms with E-state index in [1.807, 2.05) is 23.8 Å². The van der Waals surface area contributed by atoms with E-state index in [1.54, 1.807) is 6.20 Å². The van der Waals surface area contributed by atoms with Gasteiger partial charge in [-0.2, -0.15) is 0 Å². The predicted octanol–water partition coefficient (Wildman–Crippen LogP) is 1.86. The third-order valence-electron chi connectivity index (χ3n) is 2.62. The second-order valence-electron chi connectivity index (χ2n) is 4.78.